The quantitative estimate of drug-likeness (QED) is 0.696. The molecule has 1 N–H and O–H groups in total. The molecule has 2 nitrogen and oxygen atoms in total. The fraction of sp³-hybridized carbons (Fsp3) is 0.923. The molecule has 0 spiro atoms. The molecule has 0 unspecified atom stereocenters. The van der Waals surface area contributed by atoms with E-state index in [1.54, 1.807) is 0 Å². The van der Waals surface area contributed by atoms with E-state index in [0.29, 0.717) is 6.04 Å². The highest BCUT2D eigenvalue weighted by atomic mass is 16.1. The van der Waals surface area contributed by atoms with Gasteiger partial charge in [0.1, 0.15) is 0 Å². The lowest BCUT2D eigenvalue weighted by Gasteiger charge is -2.16. The van der Waals surface area contributed by atoms with Crippen LogP contribution in [0, 0.1) is 0 Å². The molecule has 0 aromatic rings. The number of hydrogen-bond donors (Lipinski definition) is 1. The minimum Gasteiger partial charge on any atom is -0.345 e. The summed E-state index contributed by atoms with van der Waals surface area (Å²) < 4.78 is 0. The zero-order chi connectivity index (χ0) is 10.8. The van der Waals surface area contributed by atoms with Crippen molar-refractivity contribution in [3.05, 3.63) is 0 Å². The molecule has 1 aliphatic carbocycles. The number of amides is 1. The van der Waals surface area contributed by atoms with Crippen LogP contribution in [0.5, 0.6) is 0 Å². The first-order valence-electron chi connectivity index (χ1n) is 6.56. The third-order valence-corrected chi connectivity index (χ3v) is 3.37. The van der Waals surface area contributed by atoms with Gasteiger partial charge in [0.15, 0.2) is 0 Å². The molecular weight excluding hydrogens is 186 g/mol. The van der Waals surface area contributed by atoms with Crippen LogP contribution in [0.15, 0.2) is 0 Å². The van der Waals surface area contributed by atoms with Crippen molar-refractivity contribution >= 4 is 6.41 Å². The topological polar surface area (TPSA) is 29.1 Å². The van der Waals surface area contributed by atoms with E-state index in [2.05, 4.69) is 5.32 Å². The summed E-state index contributed by atoms with van der Waals surface area (Å²) in [6.07, 6.45) is 16.3. The third-order valence-electron chi connectivity index (χ3n) is 3.37. The highest BCUT2D eigenvalue weighted by molar-refractivity contribution is 5.47. The van der Waals surface area contributed by atoms with E-state index in [1.807, 2.05) is 6.41 Å². The summed E-state index contributed by atoms with van der Waals surface area (Å²) in [5, 5.41) is 2.83. The molecule has 1 rings (SSSR count). The van der Waals surface area contributed by atoms with Crippen molar-refractivity contribution in [2.75, 3.05) is 0 Å². The molecule has 0 aromatic heterocycles. The van der Waals surface area contributed by atoms with Crippen LogP contribution in [0.4, 0.5) is 0 Å². The van der Waals surface area contributed by atoms with Crippen molar-refractivity contribution in [1.29, 1.82) is 0 Å². The zero-order valence-electron chi connectivity index (χ0n) is 9.76. The maximum Gasteiger partial charge on any atom is 0.309 e. The molecule has 1 amide bonds. The Morgan fingerprint density at radius 2 is 1.13 bits per heavy atom. The summed E-state index contributed by atoms with van der Waals surface area (Å²) in [5.41, 5.74) is 0. The van der Waals surface area contributed by atoms with Gasteiger partial charge in [0, 0.05) is 6.04 Å². The number of carbonyl (C=O) groups excluding carboxylic acids is 1. The summed E-state index contributed by atoms with van der Waals surface area (Å²) in [7, 11) is 0. The van der Waals surface area contributed by atoms with E-state index < -0.39 is 0 Å². The van der Waals surface area contributed by atoms with Crippen molar-refractivity contribution in [1.82, 2.24) is 5.32 Å². The summed E-state index contributed by atoms with van der Waals surface area (Å²) in [5.74, 6) is 0. The number of hydrogen-bond acceptors (Lipinski definition) is 1. The van der Waals surface area contributed by atoms with E-state index in [1.165, 1.54) is 57.8 Å². The molecule has 0 aliphatic heterocycles. The number of rotatable bonds is 2. The average Bonchev–Trinajstić information content (AvgIpc) is 2.22. The minimum absolute atomic E-state index is 0.391. The molecule has 0 heterocycles. The van der Waals surface area contributed by atoms with E-state index in [0.717, 1.165) is 12.8 Å². The lowest BCUT2D eigenvalue weighted by Crippen LogP contribution is -2.27. The lowest BCUT2D eigenvalue weighted by molar-refractivity contribution is 0.431. The normalized spacial score (nSPS) is 22.4. The van der Waals surface area contributed by atoms with E-state index in [9.17, 15) is 4.79 Å². The second-order valence-electron chi connectivity index (χ2n) is 4.70. The summed E-state index contributed by atoms with van der Waals surface area (Å²) in [6, 6.07) is 0.391. The summed E-state index contributed by atoms with van der Waals surface area (Å²) in [6.45, 7) is 0. The third kappa shape index (κ3) is 6.53. The molecule has 0 aromatic carbocycles. The highest BCUT2D eigenvalue weighted by Crippen LogP contribution is 2.16. The van der Waals surface area contributed by atoms with Gasteiger partial charge in [-0.3, -0.25) is 4.79 Å². The Kier molecular flexibility index (Phi) is 7.32. The van der Waals surface area contributed by atoms with Gasteiger partial charge in [-0.25, -0.2) is 0 Å². The second-order valence-corrected chi connectivity index (χ2v) is 4.70. The van der Waals surface area contributed by atoms with Gasteiger partial charge >= 0.3 is 6.41 Å². The van der Waals surface area contributed by atoms with Crippen LogP contribution in [0.1, 0.15) is 70.6 Å². The van der Waals surface area contributed by atoms with Gasteiger partial charge in [0.05, 0.1) is 0 Å². The molecule has 1 fully saturated rings. The van der Waals surface area contributed by atoms with Crippen molar-refractivity contribution in [2.45, 2.75) is 76.7 Å². The van der Waals surface area contributed by atoms with Crippen LogP contribution in [-0.2, 0) is 4.79 Å². The molecule has 1 saturated carbocycles. The predicted octanol–water partition coefficient (Wildman–Crippen LogP) is 3.32. The van der Waals surface area contributed by atoms with Gasteiger partial charge in [-0.2, -0.15) is 0 Å². The minimum atomic E-state index is 0.391. The highest BCUT2D eigenvalue weighted by Gasteiger charge is 2.07. The van der Waals surface area contributed by atoms with E-state index >= 15 is 0 Å². The molecule has 87 valence electrons. The Hall–Kier alpha value is -0.530. The fourth-order valence-corrected chi connectivity index (χ4v) is 2.39. The average molecular weight is 210 g/mol. The van der Waals surface area contributed by atoms with Gasteiger partial charge in [-0.05, 0) is 12.8 Å². The SMILES string of the molecule is O=[C]NC1CCCCCCCCCCC1. The van der Waals surface area contributed by atoms with Gasteiger partial charge in [-0.15, -0.1) is 0 Å². The van der Waals surface area contributed by atoms with Crippen LogP contribution >= 0.6 is 0 Å². The predicted molar refractivity (Wildman–Crippen MR) is 63.4 cm³/mol. The zero-order valence-corrected chi connectivity index (χ0v) is 9.76. The van der Waals surface area contributed by atoms with E-state index in [4.69, 9.17) is 0 Å². The lowest BCUT2D eigenvalue weighted by atomic mass is 9.98. The summed E-state index contributed by atoms with van der Waals surface area (Å²) >= 11 is 0. The molecule has 2 heteroatoms. The Bertz CT molecular complexity index is 147. The number of nitrogens with one attached hydrogen (secondary N) is 1. The molecule has 0 saturated heterocycles. The van der Waals surface area contributed by atoms with Crippen molar-refractivity contribution in [2.24, 2.45) is 0 Å². The summed E-state index contributed by atoms with van der Waals surface area (Å²) in [4.78, 5) is 10.3. The van der Waals surface area contributed by atoms with Gasteiger partial charge in [0.25, 0.3) is 0 Å². The van der Waals surface area contributed by atoms with Gasteiger partial charge in [0.2, 0.25) is 0 Å². The molecular formula is C13H24NO. The Morgan fingerprint density at radius 1 is 0.733 bits per heavy atom. The Morgan fingerprint density at radius 3 is 1.53 bits per heavy atom. The van der Waals surface area contributed by atoms with Crippen molar-refractivity contribution in [3.8, 4) is 0 Å². The Balaban J connectivity index is 2.22. The molecule has 0 bridgehead atoms. The van der Waals surface area contributed by atoms with Crippen molar-refractivity contribution < 1.29 is 4.79 Å². The first kappa shape index (κ1) is 12.5. The van der Waals surface area contributed by atoms with Crippen LogP contribution in [0.25, 0.3) is 0 Å². The monoisotopic (exact) mass is 210 g/mol. The Labute approximate surface area is 93.8 Å². The van der Waals surface area contributed by atoms with Crippen LogP contribution < -0.4 is 5.32 Å². The molecule has 1 aliphatic rings. The fourth-order valence-electron chi connectivity index (χ4n) is 2.39. The van der Waals surface area contributed by atoms with Crippen LogP contribution in [0.3, 0.4) is 0 Å². The second kappa shape index (κ2) is 8.75. The first-order valence-corrected chi connectivity index (χ1v) is 6.56. The van der Waals surface area contributed by atoms with Crippen LogP contribution in [0.2, 0.25) is 0 Å². The first-order chi connectivity index (χ1) is 7.43. The van der Waals surface area contributed by atoms with Crippen LogP contribution in [-0.4, -0.2) is 12.5 Å². The maximum absolute atomic E-state index is 10.3. The molecule has 15 heavy (non-hydrogen) atoms. The van der Waals surface area contributed by atoms with Gasteiger partial charge in [-0.1, -0.05) is 57.8 Å². The largest absolute Gasteiger partial charge is 0.345 e. The van der Waals surface area contributed by atoms with Gasteiger partial charge < -0.3 is 5.32 Å². The molecule has 1 radical (unpaired) electrons. The molecule has 0 atom stereocenters. The standard InChI is InChI=1S/C13H24NO/c15-12-14-13-10-8-6-4-2-1-3-5-7-9-11-13/h13H,1-11H2,(H,14,15). The maximum atomic E-state index is 10.3. The van der Waals surface area contributed by atoms with E-state index in [-0.39, 0.29) is 0 Å². The van der Waals surface area contributed by atoms with Crippen molar-refractivity contribution in [3.63, 3.8) is 0 Å². The smallest absolute Gasteiger partial charge is 0.309 e.